The van der Waals surface area contributed by atoms with Crippen molar-refractivity contribution in [2.45, 2.75) is 33.6 Å². The number of nitrogen functional groups attached to an aromatic ring is 1. The molecule has 0 aliphatic rings. The van der Waals surface area contributed by atoms with E-state index in [-0.39, 0.29) is 0 Å². The molecule has 100 valence electrons. The summed E-state index contributed by atoms with van der Waals surface area (Å²) in [6.07, 6.45) is 2.09. The molecule has 2 N–H and O–H groups in total. The van der Waals surface area contributed by atoms with Crippen LogP contribution in [-0.4, -0.2) is 4.98 Å². The van der Waals surface area contributed by atoms with Crippen molar-refractivity contribution < 1.29 is 0 Å². The lowest BCUT2D eigenvalue weighted by Gasteiger charge is -2.13. The number of aryl methyl sites for hydroxylation is 2. The van der Waals surface area contributed by atoms with Gasteiger partial charge in [-0.25, -0.2) is 0 Å². The molecule has 2 nitrogen and oxygen atoms in total. The van der Waals surface area contributed by atoms with Crippen molar-refractivity contribution in [3.05, 3.63) is 58.9 Å². The summed E-state index contributed by atoms with van der Waals surface area (Å²) in [7, 11) is 0. The van der Waals surface area contributed by atoms with E-state index in [1.165, 1.54) is 16.8 Å². The van der Waals surface area contributed by atoms with Crippen LogP contribution in [0.1, 0.15) is 29.4 Å². The van der Waals surface area contributed by atoms with Gasteiger partial charge >= 0.3 is 0 Å². The fourth-order valence-corrected chi connectivity index (χ4v) is 2.47. The second-order valence-corrected chi connectivity index (χ2v) is 5.47. The summed E-state index contributed by atoms with van der Waals surface area (Å²) in [5.41, 5.74) is 11.6. The highest BCUT2D eigenvalue weighted by Crippen LogP contribution is 2.18. The molecule has 1 atom stereocenters. The highest BCUT2D eigenvalue weighted by molar-refractivity contribution is 5.44. The standard InChI is InChI=1S/C17H22N2/c1-12(10-17-6-4-5-14(3)19-17)9-15-7-8-16(18)11-13(15)2/h4-8,11-12H,9-10,18H2,1-3H3. The zero-order valence-electron chi connectivity index (χ0n) is 12.0. The van der Waals surface area contributed by atoms with Crippen LogP contribution in [0.15, 0.2) is 36.4 Å². The molecule has 0 spiro atoms. The van der Waals surface area contributed by atoms with Crippen LogP contribution in [0.3, 0.4) is 0 Å². The minimum atomic E-state index is 0.580. The van der Waals surface area contributed by atoms with E-state index in [4.69, 9.17) is 5.73 Å². The first-order valence-electron chi connectivity index (χ1n) is 6.82. The molecular formula is C17H22N2. The Morgan fingerprint density at radius 2 is 1.89 bits per heavy atom. The molecule has 2 rings (SSSR count). The van der Waals surface area contributed by atoms with Crippen LogP contribution in [0.2, 0.25) is 0 Å². The molecule has 0 saturated carbocycles. The van der Waals surface area contributed by atoms with E-state index in [0.717, 1.165) is 24.2 Å². The van der Waals surface area contributed by atoms with Gasteiger partial charge in [-0.1, -0.05) is 19.1 Å². The van der Waals surface area contributed by atoms with Crippen LogP contribution in [0, 0.1) is 19.8 Å². The molecule has 19 heavy (non-hydrogen) atoms. The Morgan fingerprint density at radius 1 is 1.11 bits per heavy atom. The zero-order chi connectivity index (χ0) is 13.8. The van der Waals surface area contributed by atoms with E-state index < -0.39 is 0 Å². The molecule has 0 fully saturated rings. The average Bonchev–Trinajstić information content (AvgIpc) is 2.33. The number of benzene rings is 1. The Hall–Kier alpha value is -1.83. The third-order valence-corrected chi connectivity index (χ3v) is 3.44. The van der Waals surface area contributed by atoms with Crippen molar-refractivity contribution in [1.29, 1.82) is 0 Å². The van der Waals surface area contributed by atoms with Gasteiger partial charge < -0.3 is 5.73 Å². The summed E-state index contributed by atoms with van der Waals surface area (Å²) in [6, 6.07) is 12.4. The number of hydrogen-bond acceptors (Lipinski definition) is 2. The molecule has 1 unspecified atom stereocenters. The minimum absolute atomic E-state index is 0.580. The van der Waals surface area contributed by atoms with Gasteiger partial charge in [-0.15, -0.1) is 0 Å². The number of aromatic nitrogens is 1. The lowest BCUT2D eigenvalue weighted by Crippen LogP contribution is -2.07. The minimum Gasteiger partial charge on any atom is -0.399 e. The predicted molar refractivity (Wildman–Crippen MR) is 81.1 cm³/mol. The molecule has 2 heteroatoms. The first-order chi connectivity index (χ1) is 9.04. The summed E-state index contributed by atoms with van der Waals surface area (Å²) in [6.45, 7) is 6.45. The van der Waals surface area contributed by atoms with Crippen molar-refractivity contribution in [1.82, 2.24) is 4.98 Å². The van der Waals surface area contributed by atoms with Crippen molar-refractivity contribution in [3.8, 4) is 0 Å². The molecule has 0 radical (unpaired) electrons. The maximum Gasteiger partial charge on any atom is 0.0409 e. The van der Waals surface area contributed by atoms with E-state index in [1.54, 1.807) is 0 Å². The third kappa shape index (κ3) is 3.82. The quantitative estimate of drug-likeness (QED) is 0.845. The van der Waals surface area contributed by atoms with Crippen LogP contribution >= 0.6 is 0 Å². The zero-order valence-corrected chi connectivity index (χ0v) is 12.0. The summed E-state index contributed by atoms with van der Waals surface area (Å²) < 4.78 is 0. The van der Waals surface area contributed by atoms with Gasteiger partial charge in [0.15, 0.2) is 0 Å². The summed E-state index contributed by atoms with van der Waals surface area (Å²) in [5, 5.41) is 0. The maximum absolute atomic E-state index is 5.79. The van der Waals surface area contributed by atoms with E-state index in [1.807, 2.05) is 25.1 Å². The molecule has 1 aromatic heterocycles. The Morgan fingerprint density at radius 3 is 2.58 bits per heavy atom. The molecule has 0 aliphatic carbocycles. The van der Waals surface area contributed by atoms with Crippen LogP contribution in [0.4, 0.5) is 5.69 Å². The predicted octanol–water partition coefficient (Wildman–Crippen LogP) is 3.70. The molecule has 1 aromatic carbocycles. The molecular weight excluding hydrogens is 232 g/mol. The molecule has 0 bridgehead atoms. The average molecular weight is 254 g/mol. The maximum atomic E-state index is 5.79. The van der Waals surface area contributed by atoms with E-state index in [9.17, 15) is 0 Å². The smallest absolute Gasteiger partial charge is 0.0409 e. The highest BCUT2D eigenvalue weighted by Gasteiger charge is 2.08. The van der Waals surface area contributed by atoms with Crippen LogP contribution in [0.5, 0.6) is 0 Å². The van der Waals surface area contributed by atoms with Crippen molar-refractivity contribution in [2.24, 2.45) is 5.92 Å². The van der Waals surface area contributed by atoms with Gasteiger partial charge in [0.2, 0.25) is 0 Å². The van der Waals surface area contributed by atoms with Crippen molar-refractivity contribution >= 4 is 5.69 Å². The van der Waals surface area contributed by atoms with E-state index >= 15 is 0 Å². The third-order valence-electron chi connectivity index (χ3n) is 3.44. The van der Waals surface area contributed by atoms with Gasteiger partial charge in [0, 0.05) is 17.1 Å². The Kier molecular flexibility index (Phi) is 4.20. The summed E-state index contributed by atoms with van der Waals surface area (Å²) in [5.74, 6) is 0.580. The monoisotopic (exact) mass is 254 g/mol. The van der Waals surface area contributed by atoms with Crippen LogP contribution in [-0.2, 0) is 12.8 Å². The Bertz CT molecular complexity index is 561. The van der Waals surface area contributed by atoms with Gasteiger partial charge in [0.25, 0.3) is 0 Å². The van der Waals surface area contributed by atoms with Crippen molar-refractivity contribution in [2.75, 3.05) is 5.73 Å². The second-order valence-electron chi connectivity index (χ2n) is 5.47. The van der Waals surface area contributed by atoms with E-state index in [2.05, 4.69) is 37.0 Å². The Balaban J connectivity index is 2.03. The normalized spacial score (nSPS) is 12.4. The van der Waals surface area contributed by atoms with Gasteiger partial charge in [-0.05, 0) is 68.0 Å². The second kappa shape index (κ2) is 5.87. The van der Waals surface area contributed by atoms with Gasteiger partial charge in [0.1, 0.15) is 0 Å². The van der Waals surface area contributed by atoms with Gasteiger partial charge in [-0.3, -0.25) is 4.98 Å². The lowest BCUT2D eigenvalue weighted by molar-refractivity contribution is 0.567. The number of hydrogen-bond donors (Lipinski definition) is 1. The Labute approximate surface area is 115 Å². The van der Waals surface area contributed by atoms with Crippen LogP contribution in [0.25, 0.3) is 0 Å². The van der Waals surface area contributed by atoms with E-state index in [0.29, 0.717) is 5.92 Å². The number of nitrogens with zero attached hydrogens (tertiary/aromatic N) is 1. The van der Waals surface area contributed by atoms with Crippen molar-refractivity contribution in [3.63, 3.8) is 0 Å². The molecule has 0 amide bonds. The summed E-state index contributed by atoms with van der Waals surface area (Å²) >= 11 is 0. The van der Waals surface area contributed by atoms with Crippen LogP contribution < -0.4 is 5.73 Å². The fraction of sp³-hybridized carbons (Fsp3) is 0.353. The lowest BCUT2D eigenvalue weighted by atomic mass is 9.93. The number of anilines is 1. The first-order valence-corrected chi connectivity index (χ1v) is 6.82. The van der Waals surface area contributed by atoms with Gasteiger partial charge in [-0.2, -0.15) is 0 Å². The topological polar surface area (TPSA) is 38.9 Å². The molecule has 0 aliphatic heterocycles. The highest BCUT2D eigenvalue weighted by atomic mass is 14.7. The molecule has 2 aromatic rings. The first kappa shape index (κ1) is 13.6. The van der Waals surface area contributed by atoms with Gasteiger partial charge in [0.05, 0.1) is 0 Å². The molecule has 0 saturated heterocycles. The number of nitrogens with two attached hydrogens (primary N) is 1. The largest absolute Gasteiger partial charge is 0.399 e. The molecule has 1 heterocycles. The number of pyridine rings is 1. The number of rotatable bonds is 4. The summed E-state index contributed by atoms with van der Waals surface area (Å²) in [4.78, 5) is 4.57. The SMILES string of the molecule is Cc1cccc(CC(C)Cc2ccc(N)cc2C)n1. The fourth-order valence-electron chi connectivity index (χ4n) is 2.47.